The van der Waals surface area contributed by atoms with Crippen molar-refractivity contribution in [3.63, 3.8) is 0 Å². The first-order valence-corrected chi connectivity index (χ1v) is 6.64. The first kappa shape index (κ1) is 11.5. The summed E-state index contributed by atoms with van der Waals surface area (Å²) in [5, 5.41) is 8.14. The Morgan fingerprint density at radius 1 is 1.22 bits per heavy atom. The van der Waals surface area contributed by atoms with Crippen molar-refractivity contribution in [2.75, 3.05) is 0 Å². The second-order valence-corrected chi connectivity index (χ2v) is 5.24. The van der Waals surface area contributed by atoms with Crippen LogP contribution in [-0.4, -0.2) is 15.8 Å². The van der Waals surface area contributed by atoms with Gasteiger partial charge in [-0.2, -0.15) is 5.10 Å². The van der Waals surface area contributed by atoms with Crippen LogP contribution in [0.25, 0.3) is 5.69 Å². The summed E-state index contributed by atoms with van der Waals surface area (Å²) in [6, 6.07) is 13.0. The Bertz CT molecular complexity index is 497. The Morgan fingerprint density at radius 2 is 2.00 bits per heavy atom. The molecule has 18 heavy (non-hydrogen) atoms. The molecule has 1 fully saturated rings. The molecule has 3 heteroatoms. The van der Waals surface area contributed by atoms with Crippen LogP contribution in [0.15, 0.2) is 42.6 Å². The second-order valence-electron chi connectivity index (χ2n) is 5.24. The van der Waals surface area contributed by atoms with Crippen molar-refractivity contribution in [2.24, 2.45) is 5.92 Å². The molecule has 3 nitrogen and oxygen atoms in total. The third-order valence-corrected chi connectivity index (χ3v) is 3.61. The highest BCUT2D eigenvalue weighted by molar-refractivity contribution is 5.30. The molecule has 0 saturated heterocycles. The molecule has 1 aromatic heterocycles. The van der Waals surface area contributed by atoms with Crippen molar-refractivity contribution in [3.05, 3.63) is 48.3 Å². The summed E-state index contributed by atoms with van der Waals surface area (Å²) in [4.78, 5) is 0. The molecular formula is C15H19N3. The molecular weight excluding hydrogens is 222 g/mol. The van der Waals surface area contributed by atoms with Crippen LogP contribution in [-0.2, 0) is 6.54 Å². The molecule has 1 aliphatic rings. The Kier molecular flexibility index (Phi) is 3.15. The maximum atomic E-state index is 4.58. The number of aromatic nitrogens is 2. The fourth-order valence-corrected chi connectivity index (χ4v) is 2.50. The summed E-state index contributed by atoms with van der Waals surface area (Å²) in [5.74, 6) is 0.893. The summed E-state index contributed by atoms with van der Waals surface area (Å²) in [7, 11) is 0. The Morgan fingerprint density at radius 3 is 2.72 bits per heavy atom. The van der Waals surface area contributed by atoms with E-state index in [4.69, 9.17) is 0 Å². The minimum atomic E-state index is 0.696. The Hall–Kier alpha value is -1.61. The summed E-state index contributed by atoms with van der Waals surface area (Å²) in [6.45, 7) is 3.18. The van der Waals surface area contributed by atoms with Crippen molar-refractivity contribution in [1.29, 1.82) is 0 Å². The zero-order valence-corrected chi connectivity index (χ0v) is 10.7. The van der Waals surface area contributed by atoms with E-state index in [1.807, 2.05) is 29.1 Å². The van der Waals surface area contributed by atoms with Gasteiger partial charge in [0.1, 0.15) is 0 Å². The van der Waals surface area contributed by atoms with Crippen LogP contribution in [0.2, 0.25) is 0 Å². The van der Waals surface area contributed by atoms with Crippen molar-refractivity contribution >= 4 is 0 Å². The average Bonchev–Trinajstić information content (AvgIpc) is 2.83. The van der Waals surface area contributed by atoms with Gasteiger partial charge in [-0.1, -0.05) is 25.1 Å². The van der Waals surface area contributed by atoms with Crippen LogP contribution in [0.5, 0.6) is 0 Å². The molecule has 0 spiro atoms. The van der Waals surface area contributed by atoms with Gasteiger partial charge in [0.2, 0.25) is 0 Å². The van der Waals surface area contributed by atoms with Gasteiger partial charge in [-0.05, 0) is 37.0 Å². The maximum Gasteiger partial charge on any atom is 0.0766 e. The van der Waals surface area contributed by atoms with E-state index in [1.165, 1.54) is 12.8 Å². The van der Waals surface area contributed by atoms with E-state index in [-0.39, 0.29) is 0 Å². The third kappa shape index (κ3) is 2.46. The first-order chi connectivity index (χ1) is 8.81. The van der Waals surface area contributed by atoms with Crippen LogP contribution < -0.4 is 5.32 Å². The SMILES string of the molecule is CC1CC(NCc2ccn(-c3ccccc3)n2)C1. The van der Waals surface area contributed by atoms with Crippen molar-refractivity contribution in [2.45, 2.75) is 32.4 Å². The predicted molar refractivity (Wildman–Crippen MR) is 72.6 cm³/mol. The van der Waals surface area contributed by atoms with Crippen LogP contribution in [0.1, 0.15) is 25.5 Å². The van der Waals surface area contributed by atoms with E-state index in [9.17, 15) is 0 Å². The number of nitrogens with one attached hydrogen (secondary N) is 1. The zero-order chi connectivity index (χ0) is 12.4. The first-order valence-electron chi connectivity index (χ1n) is 6.64. The van der Waals surface area contributed by atoms with E-state index in [2.05, 4.69) is 35.5 Å². The molecule has 1 aliphatic carbocycles. The number of rotatable bonds is 4. The van der Waals surface area contributed by atoms with E-state index in [1.54, 1.807) is 0 Å². The minimum absolute atomic E-state index is 0.696. The van der Waals surface area contributed by atoms with Gasteiger partial charge in [-0.15, -0.1) is 0 Å². The zero-order valence-electron chi connectivity index (χ0n) is 10.7. The molecule has 0 amide bonds. The van der Waals surface area contributed by atoms with Crippen molar-refractivity contribution in [1.82, 2.24) is 15.1 Å². The monoisotopic (exact) mass is 241 g/mol. The molecule has 1 aromatic carbocycles. The standard InChI is InChI=1S/C15H19N3/c1-12-9-14(10-12)16-11-13-7-8-18(17-13)15-5-3-2-4-6-15/h2-8,12,14,16H,9-11H2,1H3. The predicted octanol–water partition coefficient (Wildman–Crippen LogP) is 2.76. The molecule has 0 bridgehead atoms. The Labute approximate surface area is 108 Å². The van der Waals surface area contributed by atoms with Crippen molar-refractivity contribution < 1.29 is 0 Å². The number of benzene rings is 1. The highest BCUT2D eigenvalue weighted by atomic mass is 15.3. The molecule has 94 valence electrons. The average molecular weight is 241 g/mol. The fourth-order valence-electron chi connectivity index (χ4n) is 2.50. The van der Waals surface area contributed by atoms with Gasteiger partial charge in [0.05, 0.1) is 11.4 Å². The molecule has 0 atom stereocenters. The van der Waals surface area contributed by atoms with Gasteiger partial charge < -0.3 is 5.32 Å². The molecule has 1 saturated carbocycles. The lowest BCUT2D eigenvalue weighted by Crippen LogP contribution is -2.39. The number of hydrogen-bond donors (Lipinski definition) is 1. The summed E-state index contributed by atoms with van der Waals surface area (Å²) >= 11 is 0. The number of nitrogens with zero attached hydrogens (tertiary/aromatic N) is 2. The van der Waals surface area contributed by atoms with Gasteiger partial charge in [0, 0.05) is 18.8 Å². The van der Waals surface area contributed by atoms with Gasteiger partial charge in [-0.25, -0.2) is 4.68 Å². The smallest absolute Gasteiger partial charge is 0.0766 e. The number of para-hydroxylation sites is 1. The minimum Gasteiger partial charge on any atom is -0.308 e. The van der Waals surface area contributed by atoms with Gasteiger partial charge >= 0.3 is 0 Å². The largest absolute Gasteiger partial charge is 0.308 e. The van der Waals surface area contributed by atoms with E-state index in [0.29, 0.717) is 6.04 Å². The topological polar surface area (TPSA) is 29.9 Å². The molecule has 1 N–H and O–H groups in total. The third-order valence-electron chi connectivity index (χ3n) is 3.61. The van der Waals surface area contributed by atoms with Crippen molar-refractivity contribution in [3.8, 4) is 5.69 Å². The molecule has 0 unspecified atom stereocenters. The Balaban J connectivity index is 1.60. The quantitative estimate of drug-likeness (QED) is 0.892. The van der Waals surface area contributed by atoms with Gasteiger partial charge in [0.15, 0.2) is 0 Å². The van der Waals surface area contributed by atoms with Crippen LogP contribution in [0.3, 0.4) is 0 Å². The summed E-state index contributed by atoms with van der Waals surface area (Å²) in [6.07, 6.45) is 4.63. The summed E-state index contributed by atoms with van der Waals surface area (Å²) < 4.78 is 1.93. The highest BCUT2D eigenvalue weighted by Gasteiger charge is 2.24. The molecule has 2 aromatic rings. The lowest BCUT2D eigenvalue weighted by atomic mass is 9.82. The number of hydrogen-bond acceptors (Lipinski definition) is 2. The lowest BCUT2D eigenvalue weighted by molar-refractivity contribution is 0.239. The molecule has 1 heterocycles. The van der Waals surface area contributed by atoms with Gasteiger partial charge in [-0.3, -0.25) is 0 Å². The van der Waals surface area contributed by atoms with E-state index >= 15 is 0 Å². The molecule has 0 aliphatic heterocycles. The van der Waals surface area contributed by atoms with Crippen LogP contribution in [0, 0.1) is 5.92 Å². The van der Waals surface area contributed by atoms with Gasteiger partial charge in [0.25, 0.3) is 0 Å². The normalized spacial score (nSPS) is 22.7. The highest BCUT2D eigenvalue weighted by Crippen LogP contribution is 2.26. The van der Waals surface area contributed by atoms with E-state index < -0.39 is 0 Å². The maximum absolute atomic E-state index is 4.58. The second kappa shape index (κ2) is 4.94. The van der Waals surface area contributed by atoms with Crippen LogP contribution >= 0.6 is 0 Å². The molecule has 3 rings (SSSR count). The molecule has 0 radical (unpaired) electrons. The van der Waals surface area contributed by atoms with E-state index in [0.717, 1.165) is 23.8 Å². The fraction of sp³-hybridized carbons (Fsp3) is 0.400. The summed E-state index contributed by atoms with van der Waals surface area (Å²) in [5.41, 5.74) is 2.22. The van der Waals surface area contributed by atoms with Crippen LogP contribution in [0.4, 0.5) is 0 Å². The lowest BCUT2D eigenvalue weighted by Gasteiger charge is -2.33.